The molecule has 5 rings (SSSR count). The third-order valence-corrected chi connectivity index (χ3v) is 6.31. The van der Waals surface area contributed by atoms with Crippen molar-refractivity contribution in [1.29, 1.82) is 0 Å². The number of benzene rings is 2. The second-order valence-electron chi connectivity index (χ2n) is 7.25. The first-order valence-corrected chi connectivity index (χ1v) is 9.84. The van der Waals surface area contributed by atoms with Crippen LogP contribution < -0.4 is 4.90 Å². The van der Waals surface area contributed by atoms with E-state index in [1.165, 1.54) is 23.1 Å². The van der Waals surface area contributed by atoms with Crippen LogP contribution in [0.3, 0.4) is 0 Å². The van der Waals surface area contributed by atoms with Crippen LogP contribution in [0.25, 0.3) is 0 Å². The first-order valence-electron chi connectivity index (χ1n) is 9.09. The second kappa shape index (κ2) is 6.52. The maximum atomic E-state index is 13.4. The summed E-state index contributed by atoms with van der Waals surface area (Å²) < 4.78 is 13.4. The van der Waals surface area contributed by atoms with E-state index in [4.69, 9.17) is 23.2 Å². The van der Waals surface area contributed by atoms with E-state index in [0.717, 1.165) is 18.5 Å². The lowest BCUT2D eigenvalue weighted by molar-refractivity contribution is -0.126. The fraction of sp³-hybridized carbons (Fsp3) is 0.300. The van der Waals surface area contributed by atoms with E-state index in [0.29, 0.717) is 17.3 Å². The number of hydrogen-bond donors (Lipinski definition) is 0. The van der Waals surface area contributed by atoms with Crippen LogP contribution in [-0.2, 0) is 9.59 Å². The molecule has 8 heteroatoms. The normalized spacial score (nSPS) is 27.5. The number of hydrazine groups is 1. The average molecular weight is 420 g/mol. The van der Waals surface area contributed by atoms with Crippen LogP contribution in [0.4, 0.5) is 10.1 Å². The molecule has 3 saturated heterocycles. The van der Waals surface area contributed by atoms with Gasteiger partial charge in [-0.1, -0.05) is 35.3 Å². The van der Waals surface area contributed by atoms with Crippen LogP contribution in [0.5, 0.6) is 0 Å². The summed E-state index contributed by atoms with van der Waals surface area (Å²) in [5.41, 5.74) is 1.17. The Morgan fingerprint density at radius 1 is 0.893 bits per heavy atom. The minimum absolute atomic E-state index is 0.255. The van der Waals surface area contributed by atoms with Crippen molar-refractivity contribution < 1.29 is 14.0 Å². The minimum atomic E-state index is -0.572. The summed E-state index contributed by atoms with van der Waals surface area (Å²) >= 11 is 12.2. The molecule has 3 atom stereocenters. The summed E-state index contributed by atoms with van der Waals surface area (Å²) in [5, 5.41) is 4.76. The highest BCUT2D eigenvalue weighted by atomic mass is 35.5. The molecule has 144 valence electrons. The van der Waals surface area contributed by atoms with Gasteiger partial charge in [0.25, 0.3) is 5.91 Å². The highest BCUT2D eigenvalue weighted by Gasteiger charge is 2.63. The molecule has 0 unspecified atom stereocenters. The molecule has 3 aliphatic rings. The van der Waals surface area contributed by atoms with Crippen molar-refractivity contribution in [1.82, 2.24) is 10.0 Å². The fourth-order valence-electron chi connectivity index (χ4n) is 4.67. The number of halogens is 3. The molecule has 0 radical (unpaired) electrons. The molecule has 2 aromatic carbocycles. The topological polar surface area (TPSA) is 43.9 Å². The van der Waals surface area contributed by atoms with Crippen LogP contribution in [0.2, 0.25) is 10.0 Å². The van der Waals surface area contributed by atoms with E-state index in [2.05, 4.69) is 5.01 Å². The maximum Gasteiger partial charge on any atom is 0.253 e. The van der Waals surface area contributed by atoms with Gasteiger partial charge in [-0.15, -0.1) is 0 Å². The van der Waals surface area contributed by atoms with Crippen LogP contribution in [0.15, 0.2) is 42.5 Å². The van der Waals surface area contributed by atoms with Gasteiger partial charge in [-0.25, -0.2) is 19.3 Å². The summed E-state index contributed by atoms with van der Waals surface area (Å²) in [6.45, 7) is 1.47. The third kappa shape index (κ3) is 2.52. The van der Waals surface area contributed by atoms with Gasteiger partial charge in [0.15, 0.2) is 0 Å². The molecule has 0 saturated carbocycles. The SMILES string of the molecule is O=C1[C@H]2[C@@H](C(=O)N1c1ccc(Cl)cc1Cl)N1CCCN1[C@@H]2c1ccc(F)cc1. The summed E-state index contributed by atoms with van der Waals surface area (Å²) in [7, 11) is 0. The molecule has 28 heavy (non-hydrogen) atoms. The number of imide groups is 1. The van der Waals surface area contributed by atoms with Crippen molar-refractivity contribution >= 4 is 40.7 Å². The zero-order chi connectivity index (χ0) is 19.6. The lowest BCUT2D eigenvalue weighted by atomic mass is 9.90. The first kappa shape index (κ1) is 18.1. The molecule has 0 N–H and O–H groups in total. The summed E-state index contributed by atoms with van der Waals surface area (Å²) in [5.74, 6) is -1.47. The highest BCUT2D eigenvalue weighted by Crippen LogP contribution is 2.49. The fourth-order valence-corrected chi connectivity index (χ4v) is 5.17. The molecule has 0 bridgehead atoms. The van der Waals surface area contributed by atoms with E-state index in [9.17, 15) is 14.0 Å². The van der Waals surface area contributed by atoms with Gasteiger partial charge in [0.05, 0.1) is 22.7 Å². The summed E-state index contributed by atoms with van der Waals surface area (Å²) in [4.78, 5) is 27.9. The van der Waals surface area contributed by atoms with E-state index < -0.39 is 12.0 Å². The molecule has 5 nitrogen and oxygen atoms in total. The van der Waals surface area contributed by atoms with E-state index in [-0.39, 0.29) is 28.7 Å². The van der Waals surface area contributed by atoms with Crippen LogP contribution in [0.1, 0.15) is 18.0 Å². The minimum Gasteiger partial charge on any atom is -0.274 e. The van der Waals surface area contributed by atoms with Gasteiger partial charge in [0.1, 0.15) is 11.9 Å². The lowest BCUT2D eigenvalue weighted by Gasteiger charge is -2.30. The smallest absolute Gasteiger partial charge is 0.253 e. The molecule has 2 aromatic rings. The predicted octanol–water partition coefficient (Wildman–Crippen LogP) is 3.67. The predicted molar refractivity (Wildman–Crippen MR) is 103 cm³/mol. The Hall–Kier alpha value is -1.99. The number of carbonyl (C=O) groups is 2. The molecule has 0 aromatic heterocycles. The standard InChI is InChI=1S/C20H16Cl2FN3O2/c21-12-4-7-15(14(22)10-12)26-19(27)16-17(11-2-5-13(23)6-3-11)24-8-1-9-25(24)18(16)20(26)28/h2-7,10,16-18H,1,8-9H2/t16-,17-,18+/m1/s1. The number of hydrogen-bond acceptors (Lipinski definition) is 4. The Morgan fingerprint density at radius 3 is 2.25 bits per heavy atom. The molecular weight excluding hydrogens is 404 g/mol. The van der Waals surface area contributed by atoms with Crippen LogP contribution in [0, 0.1) is 11.7 Å². The first-order chi connectivity index (χ1) is 13.5. The summed E-state index contributed by atoms with van der Waals surface area (Å²) in [6.07, 6.45) is 0.907. The Bertz CT molecular complexity index is 984. The van der Waals surface area contributed by atoms with Crippen molar-refractivity contribution in [2.75, 3.05) is 18.0 Å². The number of amides is 2. The van der Waals surface area contributed by atoms with Crippen molar-refractivity contribution in [3.05, 3.63) is 63.9 Å². The van der Waals surface area contributed by atoms with Crippen molar-refractivity contribution in [2.24, 2.45) is 5.92 Å². The Balaban J connectivity index is 1.59. The largest absolute Gasteiger partial charge is 0.274 e. The quantitative estimate of drug-likeness (QED) is 0.696. The number of anilines is 1. The Morgan fingerprint density at radius 2 is 1.57 bits per heavy atom. The van der Waals surface area contributed by atoms with Gasteiger partial charge in [-0.05, 0) is 42.3 Å². The molecule has 3 aliphatic heterocycles. The molecule has 0 spiro atoms. The number of rotatable bonds is 2. The van der Waals surface area contributed by atoms with Crippen molar-refractivity contribution in [3.8, 4) is 0 Å². The highest BCUT2D eigenvalue weighted by molar-refractivity contribution is 6.38. The van der Waals surface area contributed by atoms with Crippen molar-refractivity contribution in [3.63, 3.8) is 0 Å². The van der Waals surface area contributed by atoms with Crippen molar-refractivity contribution in [2.45, 2.75) is 18.5 Å². The Kier molecular flexibility index (Phi) is 4.21. The van der Waals surface area contributed by atoms with E-state index in [1.807, 2.05) is 5.01 Å². The number of fused-ring (bicyclic) bond motifs is 3. The molecule has 0 aliphatic carbocycles. The van der Waals surface area contributed by atoms with Crippen LogP contribution >= 0.6 is 23.2 Å². The Labute approximate surface area is 171 Å². The van der Waals surface area contributed by atoms with Gasteiger partial charge < -0.3 is 0 Å². The number of nitrogens with zero attached hydrogens (tertiary/aromatic N) is 3. The molecule has 3 heterocycles. The van der Waals surface area contributed by atoms with Gasteiger partial charge in [0, 0.05) is 18.1 Å². The van der Waals surface area contributed by atoms with Gasteiger partial charge in [0.2, 0.25) is 5.91 Å². The lowest BCUT2D eigenvalue weighted by Crippen LogP contribution is -2.44. The van der Waals surface area contributed by atoms with Gasteiger partial charge in [-0.2, -0.15) is 0 Å². The van der Waals surface area contributed by atoms with E-state index in [1.54, 1.807) is 24.3 Å². The second-order valence-corrected chi connectivity index (χ2v) is 8.10. The zero-order valence-corrected chi connectivity index (χ0v) is 16.2. The van der Waals surface area contributed by atoms with Crippen LogP contribution in [-0.4, -0.2) is 41.0 Å². The maximum absolute atomic E-state index is 13.4. The summed E-state index contributed by atoms with van der Waals surface area (Å²) in [6, 6.07) is 10.00. The number of carbonyl (C=O) groups excluding carboxylic acids is 2. The van der Waals surface area contributed by atoms with E-state index >= 15 is 0 Å². The monoisotopic (exact) mass is 419 g/mol. The molecule has 3 fully saturated rings. The van der Waals surface area contributed by atoms with Gasteiger partial charge >= 0.3 is 0 Å². The van der Waals surface area contributed by atoms with Gasteiger partial charge in [-0.3, -0.25) is 9.59 Å². The average Bonchev–Trinajstić information content (AvgIpc) is 3.30. The molecule has 2 amide bonds. The molecular formula is C20H16Cl2FN3O2. The zero-order valence-electron chi connectivity index (χ0n) is 14.7. The third-order valence-electron chi connectivity index (χ3n) is 5.77.